The van der Waals surface area contributed by atoms with Crippen LogP contribution in [0, 0.1) is 13.8 Å². The molecule has 1 aromatic rings. The predicted octanol–water partition coefficient (Wildman–Crippen LogP) is 2.17. The van der Waals surface area contributed by atoms with Crippen LogP contribution in [-0.2, 0) is 10.0 Å². The van der Waals surface area contributed by atoms with Gasteiger partial charge in [0.05, 0.1) is 6.42 Å². The van der Waals surface area contributed by atoms with Crippen molar-refractivity contribution in [2.75, 3.05) is 13.6 Å². The van der Waals surface area contributed by atoms with Gasteiger partial charge in [0.25, 0.3) is 0 Å². The fourth-order valence-electron chi connectivity index (χ4n) is 1.78. The average molecular weight is 329 g/mol. The van der Waals surface area contributed by atoms with Crippen LogP contribution in [0.3, 0.4) is 0 Å². The van der Waals surface area contributed by atoms with Crippen molar-refractivity contribution in [3.63, 3.8) is 0 Å². The summed E-state index contributed by atoms with van der Waals surface area (Å²) < 4.78 is 66.4. The summed E-state index contributed by atoms with van der Waals surface area (Å²) in [6.45, 7) is 1.70. The first-order chi connectivity index (χ1) is 9.38. The van der Waals surface area contributed by atoms with E-state index in [0.29, 0.717) is 4.31 Å². The lowest BCUT2D eigenvalue weighted by atomic mass is 10.2. The second-order valence-electron chi connectivity index (χ2n) is 4.42. The standard InChI is InChI=1S/C11H14F3NO5S/c1-6-8(10(16)17)9(7(2)20-6)21(18,19)15(3)5-4-11(12,13)14/h4-5H2,1-3H3,(H,16,17). The maximum Gasteiger partial charge on any atom is 0.390 e. The Morgan fingerprint density at radius 2 is 1.81 bits per heavy atom. The Kier molecular flexibility index (Phi) is 4.73. The van der Waals surface area contributed by atoms with E-state index in [9.17, 15) is 26.4 Å². The first kappa shape index (κ1) is 17.5. The number of alkyl halides is 3. The Morgan fingerprint density at radius 1 is 1.29 bits per heavy atom. The van der Waals surface area contributed by atoms with Crippen LogP contribution >= 0.6 is 0 Å². The van der Waals surface area contributed by atoms with E-state index in [-0.39, 0.29) is 11.5 Å². The van der Waals surface area contributed by atoms with Crippen molar-refractivity contribution in [3.8, 4) is 0 Å². The van der Waals surface area contributed by atoms with Crippen LogP contribution in [0.2, 0.25) is 0 Å². The average Bonchev–Trinajstić information content (AvgIpc) is 2.60. The Labute approximate surface area is 119 Å². The highest BCUT2D eigenvalue weighted by atomic mass is 32.2. The van der Waals surface area contributed by atoms with Crippen LogP contribution < -0.4 is 0 Å². The molecule has 0 amide bonds. The third kappa shape index (κ3) is 3.76. The van der Waals surface area contributed by atoms with E-state index in [1.54, 1.807) is 0 Å². The van der Waals surface area contributed by atoms with Gasteiger partial charge in [-0.2, -0.15) is 13.2 Å². The number of hydrogen-bond acceptors (Lipinski definition) is 4. The largest absolute Gasteiger partial charge is 0.478 e. The van der Waals surface area contributed by atoms with Crippen molar-refractivity contribution in [2.45, 2.75) is 31.3 Å². The molecule has 1 rings (SSSR count). The molecule has 1 heterocycles. The van der Waals surface area contributed by atoms with Crippen LogP contribution in [-0.4, -0.2) is 43.6 Å². The SMILES string of the molecule is Cc1oc(C)c(S(=O)(=O)N(C)CCC(F)(F)F)c1C(=O)O. The van der Waals surface area contributed by atoms with Gasteiger partial charge in [-0.25, -0.2) is 17.5 Å². The minimum atomic E-state index is -4.51. The quantitative estimate of drug-likeness (QED) is 0.894. The number of carboxylic acids is 1. The van der Waals surface area contributed by atoms with Gasteiger partial charge >= 0.3 is 12.1 Å². The molecule has 1 aromatic heterocycles. The molecule has 6 nitrogen and oxygen atoms in total. The zero-order chi connectivity index (χ0) is 16.6. The predicted molar refractivity (Wildman–Crippen MR) is 65.6 cm³/mol. The summed E-state index contributed by atoms with van der Waals surface area (Å²) in [6.07, 6.45) is -5.85. The summed E-state index contributed by atoms with van der Waals surface area (Å²) >= 11 is 0. The summed E-state index contributed by atoms with van der Waals surface area (Å²) in [5.74, 6) is -1.82. The van der Waals surface area contributed by atoms with Gasteiger partial charge in [-0.15, -0.1) is 0 Å². The topological polar surface area (TPSA) is 87.8 Å². The third-order valence-corrected chi connectivity index (χ3v) is 4.81. The third-order valence-electron chi connectivity index (χ3n) is 2.80. The van der Waals surface area contributed by atoms with Crippen LogP contribution in [0.25, 0.3) is 0 Å². The van der Waals surface area contributed by atoms with Crippen molar-refractivity contribution in [2.24, 2.45) is 0 Å². The first-order valence-corrected chi connectivity index (χ1v) is 7.18. The number of hydrogen-bond donors (Lipinski definition) is 1. The molecule has 0 saturated heterocycles. The molecule has 0 fully saturated rings. The zero-order valence-electron chi connectivity index (χ0n) is 11.5. The molecule has 0 aliphatic heterocycles. The fourth-order valence-corrected chi connectivity index (χ4v) is 3.32. The van der Waals surface area contributed by atoms with Crippen LogP contribution in [0.15, 0.2) is 9.31 Å². The summed E-state index contributed by atoms with van der Waals surface area (Å²) in [6, 6.07) is 0. The minimum absolute atomic E-state index is 0.122. The number of aryl methyl sites for hydroxylation is 2. The van der Waals surface area contributed by atoms with Gasteiger partial charge in [-0.1, -0.05) is 0 Å². The highest BCUT2D eigenvalue weighted by molar-refractivity contribution is 7.89. The van der Waals surface area contributed by atoms with Crippen molar-refractivity contribution in [1.29, 1.82) is 0 Å². The second kappa shape index (κ2) is 5.68. The maximum atomic E-state index is 12.2. The molecule has 0 aliphatic carbocycles. The lowest BCUT2D eigenvalue weighted by Gasteiger charge is -2.18. The molecule has 0 bridgehead atoms. The maximum absolute atomic E-state index is 12.2. The molecule has 10 heteroatoms. The highest BCUT2D eigenvalue weighted by Crippen LogP contribution is 2.29. The smallest absolute Gasteiger partial charge is 0.390 e. The number of carbonyl (C=O) groups is 1. The van der Waals surface area contributed by atoms with Gasteiger partial charge in [0.1, 0.15) is 22.0 Å². The lowest BCUT2D eigenvalue weighted by Crippen LogP contribution is -2.31. The monoisotopic (exact) mass is 329 g/mol. The van der Waals surface area contributed by atoms with Crippen LogP contribution in [0.4, 0.5) is 13.2 Å². The summed E-state index contributed by atoms with van der Waals surface area (Å²) in [4.78, 5) is 10.5. The number of aromatic carboxylic acids is 1. The van der Waals surface area contributed by atoms with E-state index >= 15 is 0 Å². The number of carboxylic acid groups (broad SMARTS) is 1. The van der Waals surface area contributed by atoms with Crippen molar-refractivity contribution < 1.29 is 35.9 Å². The molecule has 1 N–H and O–H groups in total. The number of rotatable bonds is 5. The highest BCUT2D eigenvalue weighted by Gasteiger charge is 2.35. The number of nitrogens with zero attached hydrogens (tertiary/aromatic N) is 1. The molecule has 120 valence electrons. The minimum Gasteiger partial charge on any atom is -0.478 e. The molecule has 21 heavy (non-hydrogen) atoms. The van der Waals surface area contributed by atoms with Crippen molar-refractivity contribution in [3.05, 3.63) is 17.1 Å². The number of halogens is 3. The molecular formula is C11H14F3NO5S. The number of sulfonamides is 1. The van der Waals surface area contributed by atoms with Gasteiger partial charge in [-0.3, -0.25) is 0 Å². The molecule has 0 radical (unpaired) electrons. The van der Waals surface area contributed by atoms with Crippen LogP contribution in [0.1, 0.15) is 28.3 Å². The molecule has 0 aliphatic rings. The Morgan fingerprint density at radius 3 is 2.24 bits per heavy atom. The molecular weight excluding hydrogens is 315 g/mol. The molecule has 0 aromatic carbocycles. The fraction of sp³-hybridized carbons (Fsp3) is 0.545. The lowest BCUT2D eigenvalue weighted by molar-refractivity contribution is -0.135. The molecule has 0 unspecified atom stereocenters. The van der Waals surface area contributed by atoms with E-state index in [1.165, 1.54) is 13.8 Å². The van der Waals surface area contributed by atoms with Gasteiger partial charge in [-0.05, 0) is 13.8 Å². The summed E-state index contributed by atoms with van der Waals surface area (Å²) in [5, 5.41) is 9.04. The Bertz CT molecular complexity index is 648. The van der Waals surface area contributed by atoms with Crippen molar-refractivity contribution >= 4 is 16.0 Å². The first-order valence-electron chi connectivity index (χ1n) is 5.74. The van der Waals surface area contributed by atoms with E-state index in [1.807, 2.05) is 0 Å². The van der Waals surface area contributed by atoms with E-state index in [4.69, 9.17) is 9.52 Å². The van der Waals surface area contributed by atoms with Crippen molar-refractivity contribution in [1.82, 2.24) is 4.31 Å². The Hall–Kier alpha value is -1.55. The van der Waals surface area contributed by atoms with E-state index in [0.717, 1.165) is 7.05 Å². The number of furan rings is 1. The zero-order valence-corrected chi connectivity index (χ0v) is 12.3. The summed E-state index contributed by atoms with van der Waals surface area (Å²) in [5.41, 5.74) is -0.564. The summed E-state index contributed by atoms with van der Waals surface area (Å²) in [7, 11) is -3.44. The second-order valence-corrected chi connectivity index (χ2v) is 6.40. The van der Waals surface area contributed by atoms with Gasteiger partial charge in [0.2, 0.25) is 10.0 Å². The van der Waals surface area contributed by atoms with E-state index in [2.05, 4.69) is 0 Å². The Balaban J connectivity index is 3.23. The molecule has 0 spiro atoms. The van der Waals surface area contributed by atoms with Gasteiger partial charge < -0.3 is 9.52 Å². The van der Waals surface area contributed by atoms with E-state index < -0.39 is 45.6 Å². The van der Waals surface area contributed by atoms with Crippen LogP contribution in [0.5, 0.6) is 0 Å². The molecule has 0 atom stereocenters. The van der Waals surface area contributed by atoms with Gasteiger partial charge in [0, 0.05) is 13.6 Å². The molecule has 0 saturated carbocycles. The normalized spacial score (nSPS) is 12.9. The van der Waals surface area contributed by atoms with Gasteiger partial charge in [0.15, 0.2) is 0 Å².